The molecule has 3 rings (SSSR count). The number of methoxy groups -OCH3 is 3. The second-order valence-corrected chi connectivity index (χ2v) is 7.24. The van der Waals surface area contributed by atoms with Gasteiger partial charge in [0.15, 0.2) is 11.5 Å². The van der Waals surface area contributed by atoms with Gasteiger partial charge in [-0.2, -0.15) is 0 Å². The van der Waals surface area contributed by atoms with E-state index in [0.717, 1.165) is 17.2 Å². The van der Waals surface area contributed by atoms with Gasteiger partial charge < -0.3 is 23.8 Å². The molecule has 0 unspecified atom stereocenters. The Morgan fingerprint density at radius 2 is 1.70 bits per heavy atom. The number of rotatable bonds is 8. The molecule has 1 atom stereocenters. The summed E-state index contributed by atoms with van der Waals surface area (Å²) in [4.78, 5) is 37.3. The molecule has 1 amide bonds. The summed E-state index contributed by atoms with van der Waals surface area (Å²) in [6, 6.07) is 9.17. The highest BCUT2D eigenvalue weighted by atomic mass is 16.6. The minimum Gasteiger partial charge on any atom is -0.497 e. The van der Waals surface area contributed by atoms with E-state index in [1.165, 1.54) is 32.1 Å². The fourth-order valence-electron chi connectivity index (χ4n) is 3.58. The molecule has 10 heteroatoms. The minimum absolute atomic E-state index is 0.0572. The van der Waals surface area contributed by atoms with E-state index in [2.05, 4.69) is 0 Å². The number of amides is 1. The molecule has 0 saturated carbocycles. The molecule has 1 heterocycles. The predicted octanol–water partition coefficient (Wildman–Crippen LogP) is 3.44. The van der Waals surface area contributed by atoms with Crippen LogP contribution in [-0.2, 0) is 9.53 Å². The maximum atomic E-state index is 13.5. The average molecular weight is 456 g/mol. The normalized spacial score (nSPS) is 15.0. The van der Waals surface area contributed by atoms with E-state index in [0.29, 0.717) is 12.2 Å². The van der Waals surface area contributed by atoms with Crippen LogP contribution in [-0.4, -0.2) is 55.7 Å². The van der Waals surface area contributed by atoms with Crippen LogP contribution in [0.15, 0.2) is 42.6 Å². The number of nitro groups is 1. The van der Waals surface area contributed by atoms with Gasteiger partial charge >= 0.3 is 5.97 Å². The van der Waals surface area contributed by atoms with Crippen LogP contribution in [0.5, 0.6) is 17.2 Å². The lowest BCUT2D eigenvalue weighted by atomic mass is 10.0. The maximum Gasteiger partial charge on any atom is 0.302 e. The number of ether oxygens (including phenoxy) is 4. The van der Waals surface area contributed by atoms with E-state index in [1.807, 2.05) is 12.1 Å². The molecule has 2 aromatic carbocycles. The lowest BCUT2D eigenvalue weighted by Crippen LogP contribution is -2.37. The summed E-state index contributed by atoms with van der Waals surface area (Å²) >= 11 is 0. The van der Waals surface area contributed by atoms with Gasteiger partial charge in [0.05, 0.1) is 38.4 Å². The maximum absolute atomic E-state index is 13.5. The first-order chi connectivity index (χ1) is 15.8. The molecule has 0 fully saturated rings. The molecule has 0 saturated heterocycles. The first kappa shape index (κ1) is 23.6. The van der Waals surface area contributed by atoms with Gasteiger partial charge in [-0.15, -0.1) is 0 Å². The molecular weight excluding hydrogens is 432 g/mol. The zero-order valence-corrected chi connectivity index (χ0v) is 18.7. The molecule has 33 heavy (non-hydrogen) atoms. The van der Waals surface area contributed by atoms with Gasteiger partial charge in [0, 0.05) is 19.2 Å². The van der Waals surface area contributed by atoms with Crippen molar-refractivity contribution in [2.75, 3.05) is 27.9 Å². The lowest BCUT2D eigenvalue weighted by Gasteiger charge is -2.23. The van der Waals surface area contributed by atoms with E-state index in [9.17, 15) is 19.7 Å². The fourth-order valence-corrected chi connectivity index (χ4v) is 3.58. The van der Waals surface area contributed by atoms with E-state index in [-0.39, 0.29) is 23.7 Å². The van der Waals surface area contributed by atoms with Crippen LogP contribution < -0.4 is 14.2 Å². The summed E-state index contributed by atoms with van der Waals surface area (Å²) < 4.78 is 20.7. The van der Waals surface area contributed by atoms with Crippen molar-refractivity contribution in [2.24, 2.45) is 0 Å². The van der Waals surface area contributed by atoms with E-state index >= 15 is 0 Å². The van der Waals surface area contributed by atoms with Gasteiger partial charge in [-0.05, 0) is 29.7 Å². The molecule has 0 bridgehead atoms. The number of carbonyl (C=O) groups is 2. The number of nitro benzene ring substituents is 1. The van der Waals surface area contributed by atoms with Crippen LogP contribution in [0.1, 0.15) is 29.3 Å². The number of carbonyl (C=O) groups excluding carboxylic acids is 2. The Bertz CT molecular complexity index is 1090. The first-order valence-electron chi connectivity index (χ1n) is 10.0. The molecular formula is C23H24N2O8. The molecule has 0 spiro atoms. The summed E-state index contributed by atoms with van der Waals surface area (Å²) in [5.41, 5.74) is 1.07. The Kier molecular flexibility index (Phi) is 7.17. The van der Waals surface area contributed by atoms with Crippen molar-refractivity contribution in [3.8, 4) is 17.2 Å². The third-order valence-electron chi connectivity index (χ3n) is 5.25. The van der Waals surface area contributed by atoms with Crippen LogP contribution >= 0.6 is 0 Å². The number of esters is 1. The molecule has 2 aromatic rings. The van der Waals surface area contributed by atoms with Crippen molar-refractivity contribution in [1.82, 2.24) is 4.90 Å². The van der Waals surface area contributed by atoms with Crippen molar-refractivity contribution < 1.29 is 33.5 Å². The molecule has 0 aromatic heterocycles. The Morgan fingerprint density at radius 1 is 1.06 bits per heavy atom. The SMILES string of the molecule is COc1ccc(C2=CN(C(=O)c3cc(OC)c(OC)cc3[N+](=O)[O-])[C@H](COC(C)=O)C2)cc1. The minimum atomic E-state index is -0.652. The fraction of sp³-hybridized carbons (Fsp3) is 0.304. The van der Waals surface area contributed by atoms with Crippen LogP contribution in [0.25, 0.3) is 5.57 Å². The molecule has 10 nitrogen and oxygen atoms in total. The van der Waals surface area contributed by atoms with Crippen molar-refractivity contribution in [2.45, 2.75) is 19.4 Å². The number of hydrogen-bond acceptors (Lipinski definition) is 8. The second-order valence-electron chi connectivity index (χ2n) is 7.24. The summed E-state index contributed by atoms with van der Waals surface area (Å²) in [5, 5.41) is 11.7. The molecule has 174 valence electrons. The second kappa shape index (κ2) is 10.0. The van der Waals surface area contributed by atoms with Gasteiger partial charge in [0.2, 0.25) is 0 Å². The van der Waals surface area contributed by atoms with E-state index in [4.69, 9.17) is 18.9 Å². The Balaban J connectivity index is 2.03. The summed E-state index contributed by atoms with van der Waals surface area (Å²) in [6.07, 6.45) is 2.02. The monoisotopic (exact) mass is 456 g/mol. The Hall–Kier alpha value is -4.08. The predicted molar refractivity (Wildman–Crippen MR) is 118 cm³/mol. The van der Waals surface area contributed by atoms with Gasteiger partial charge in [-0.1, -0.05) is 12.1 Å². The standard InChI is InChI=1S/C23H24N2O8/c1-14(26)33-13-17-9-16(15-5-7-18(30-2)8-6-15)12-24(17)23(27)19-10-21(31-3)22(32-4)11-20(19)25(28)29/h5-8,10-12,17H,9,13H2,1-4H3/t17-/m0/s1. The Labute approximate surface area is 190 Å². The Morgan fingerprint density at radius 3 is 2.24 bits per heavy atom. The number of hydrogen-bond donors (Lipinski definition) is 0. The van der Waals surface area contributed by atoms with Crippen molar-refractivity contribution in [3.63, 3.8) is 0 Å². The largest absolute Gasteiger partial charge is 0.497 e. The summed E-state index contributed by atoms with van der Waals surface area (Å²) in [6.45, 7) is 1.22. The third-order valence-corrected chi connectivity index (χ3v) is 5.25. The summed E-state index contributed by atoms with van der Waals surface area (Å²) in [7, 11) is 4.29. The van der Waals surface area contributed by atoms with Crippen LogP contribution in [0.4, 0.5) is 5.69 Å². The van der Waals surface area contributed by atoms with E-state index < -0.39 is 28.5 Å². The lowest BCUT2D eigenvalue weighted by molar-refractivity contribution is -0.385. The molecule has 1 aliphatic heterocycles. The zero-order valence-electron chi connectivity index (χ0n) is 18.7. The highest BCUT2D eigenvalue weighted by Gasteiger charge is 2.35. The number of benzene rings is 2. The average Bonchev–Trinajstić information content (AvgIpc) is 3.25. The summed E-state index contributed by atoms with van der Waals surface area (Å²) in [5.74, 6) is -0.113. The molecule has 0 aliphatic carbocycles. The van der Waals surface area contributed by atoms with E-state index in [1.54, 1.807) is 25.4 Å². The van der Waals surface area contributed by atoms with Gasteiger partial charge in [-0.3, -0.25) is 19.7 Å². The molecule has 0 radical (unpaired) electrons. The molecule has 1 aliphatic rings. The van der Waals surface area contributed by atoms with Crippen LogP contribution in [0.3, 0.4) is 0 Å². The zero-order chi connectivity index (χ0) is 24.1. The van der Waals surface area contributed by atoms with Crippen LogP contribution in [0, 0.1) is 10.1 Å². The number of nitrogens with zero attached hydrogens (tertiary/aromatic N) is 2. The quantitative estimate of drug-likeness (QED) is 0.337. The highest BCUT2D eigenvalue weighted by molar-refractivity contribution is 6.01. The smallest absolute Gasteiger partial charge is 0.302 e. The highest BCUT2D eigenvalue weighted by Crippen LogP contribution is 2.38. The van der Waals surface area contributed by atoms with Crippen LogP contribution in [0.2, 0.25) is 0 Å². The van der Waals surface area contributed by atoms with Crippen molar-refractivity contribution in [1.29, 1.82) is 0 Å². The topological polar surface area (TPSA) is 117 Å². The van der Waals surface area contributed by atoms with Gasteiger partial charge in [0.25, 0.3) is 11.6 Å². The third kappa shape index (κ3) is 5.05. The van der Waals surface area contributed by atoms with Crippen molar-refractivity contribution in [3.05, 3.63) is 63.8 Å². The van der Waals surface area contributed by atoms with Gasteiger partial charge in [0.1, 0.15) is 17.9 Å². The van der Waals surface area contributed by atoms with Crippen molar-refractivity contribution >= 4 is 23.1 Å². The van der Waals surface area contributed by atoms with Gasteiger partial charge in [-0.25, -0.2) is 0 Å². The first-order valence-corrected chi connectivity index (χ1v) is 10.0. The molecule has 0 N–H and O–H groups in total.